The molecular formula is C11H15ClFN. The second-order valence-corrected chi connectivity index (χ2v) is 3.92. The van der Waals surface area contributed by atoms with Crippen molar-refractivity contribution in [1.29, 1.82) is 0 Å². The van der Waals surface area contributed by atoms with Crippen molar-refractivity contribution in [2.45, 2.75) is 19.0 Å². The van der Waals surface area contributed by atoms with Gasteiger partial charge in [0.05, 0.1) is 0 Å². The third kappa shape index (κ3) is 2.46. The zero-order valence-electron chi connectivity index (χ0n) is 8.22. The normalized spacial score (nSPS) is 18.1. The van der Waals surface area contributed by atoms with E-state index in [9.17, 15) is 4.39 Å². The van der Waals surface area contributed by atoms with Crippen LogP contribution in [0.1, 0.15) is 11.1 Å². The van der Waals surface area contributed by atoms with Crippen LogP contribution in [0.4, 0.5) is 4.39 Å². The first kappa shape index (κ1) is 11.5. The van der Waals surface area contributed by atoms with E-state index in [2.05, 4.69) is 11.4 Å². The molecule has 1 nitrogen and oxygen atoms in total. The van der Waals surface area contributed by atoms with Gasteiger partial charge in [0.15, 0.2) is 0 Å². The van der Waals surface area contributed by atoms with Gasteiger partial charge < -0.3 is 5.32 Å². The van der Waals surface area contributed by atoms with Gasteiger partial charge in [0, 0.05) is 19.5 Å². The summed E-state index contributed by atoms with van der Waals surface area (Å²) in [5.41, 5.74) is 1.31. The molecule has 1 heterocycles. The maximum atomic E-state index is 13.7. The van der Waals surface area contributed by atoms with Crippen molar-refractivity contribution in [3.8, 4) is 0 Å². The number of hydrogen-bond acceptors (Lipinski definition) is 1. The number of hydrogen-bond donors (Lipinski definition) is 1. The van der Waals surface area contributed by atoms with E-state index in [0.717, 1.165) is 5.56 Å². The van der Waals surface area contributed by atoms with Gasteiger partial charge in [0.1, 0.15) is 5.67 Å². The molecule has 1 aliphatic rings. The Morgan fingerprint density at radius 1 is 1.43 bits per heavy atom. The average molecular weight is 216 g/mol. The molecular weight excluding hydrogens is 201 g/mol. The summed E-state index contributed by atoms with van der Waals surface area (Å²) in [6.45, 7) is 3.04. The fourth-order valence-electron chi connectivity index (χ4n) is 1.71. The van der Waals surface area contributed by atoms with Crippen LogP contribution in [0.25, 0.3) is 0 Å². The number of benzene rings is 1. The molecule has 0 saturated carbocycles. The van der Waals surface area contributed by atoms with E-state index in [4.69, 9.17) is 0 Å². The second-order valence-electron chi connectivity index (χ2n) is 3.92. The van der Waals surface area contributed by atoms with Crippen molar-refractivity contribution in [3.63, 3.8) is 0 Å². The van der Waals surface area contributed by atoms with Gasteiger partial charge in [0.25, 0.3) is 0 Å². The maximum absolute atomic E-state index is 13.7. The molecule has 0 bridgehead atoms. The number of aryl methyl sites for hydroxylation is 1. The maximum Gasteiger partial charge on any atom is 0.139 e. The predicted octanol–water partition coefficient (Wildman–Crippen LogP) is 2.27. The number of alkyl halides is 1. The van der Waals surface area contributed by atoms with Gasteiger partial charge in [-0.2, -0.15) is 0 Å². The van der Waals surface area contributed by atoms with Crippen LogP contribution in [-0.2, 0) is 6.42 Å². The summed E-state index contributed by atoms with van der Waals surface area (Å²) in [4.78, 5) is 0. The quantitative estimate of drug-likeness (QED) is 0.798. The highest BCUT2D eigenvalue weighted by molar-refractivity contribution is 5.85. The first-order valence-corrected chi connectivity index (χ1v) is 4.63. The number of rotatable bonds is 2. The Balaban J connectivity index is 0.000000980. The summed E-state index contributed by atoms with van der Waals surface area (Å²) in [5.74, 6) is 0. The van der Waals surface area contributed by atoms with Crippen molar-refractivity contribution in [3.05, 3.63) is 35.4 Å². The summed E-state index contributed by atoms with van der Waals surface area (Å²) in [6, 6.07) is 8.07. The molecule has 0 aromatic heterocycles. The smallest absolute Gasteiger partial charge is 0.139 e. The van der Waals surface area contributed by atoms with Crippen LogP contribution in [0.5, 0.6) is 0 Å². The highest BCUT2D eigenvalue weighted by Gasteiger charge is 2.36. The van der Waals surface area contributed by atoms with Gasteiger partial charge in [-0.3, -0.25) is 0 Å². The van der Waals surface area contributed by atoms with Crippen molar-refractivity contribution in [2.24, 2.45) is 0 Å². The molecule has 2 rings (SSSR count). The summed E-state index contributed by atoms with van der Waals surface area (Å²) >= 11 is 0. The molecule has 1 fully saturated rings. The molecule has 0 radical (unpaired) electrons. The lowest BCUT2D eigenvalue weighted by molar-refractivity contribution is 0.0912. The first-order valence-electron chi connectivity index (χ1n) is 4.63. The van der Waals surface area contributed by atoms with Crippen molar-refractivity contribution in [1.82, 2.24) is 5.32 Å². The number of halogens is 2. The van der Waals surface area contributed by atoms with Gasteiger partial charge in [-0.15, -0.1) is 12.4 Å². The molecule has 0 atom stereocenters. The predicted molar refractivity (Wildman–Crippen MR) is 58.8 cm³/mol. The Labute approximate surface area is 90.1 Å². The molecule has 3 heteroatoms. The molecule has 0 aliphatic carbocycles. The largest absolute Gasteiger partial charge is 0.310 e. The van der Waals surface area contributed by atoms with E-state index < -0.39 is 5.67 Å². The monoisotopic (exact) mass is 215 g/mol. The third-order valence-corrected chi connectivity index (χ3v) is 2.49. The van der Waals surface area contributed by atoms with Crippen LogP contribution in [-0.4, -0.2) is 18.8 Å². The van der Waals surface area contributed by atoms with Crippen LogP contribution in [0.15, 0.2) is 24.3 Å². The zero-order chi connectivity index (χ0) is 9.31. The third-order valence-electron chi connectivity index (χ3n) is 2.49. The standard InChI is InChI=1S/C11H14FN.ClH/c1-9-3-2-4-10(5-9)6-11(12)7-13-8-11;/h2-5,13H,6-8H2,1H3;1H. The van der Waals surface area contributed by atoms with Crippen LogP contribution >= 0.6 is 12.4 Å². The molecule has 1 saturated heterocycles. The minimum atomic E-state index is -0.992. The van der Waals surface area contributed by atoms with Crippen molar-refractivity contribution >= 4 is 12.4 Å². The Morgan fingerprint density at radius 3 is 2.64 bits per heavy atom. The lowest BCUT2D eigenvalue weighted by Gasteiger charge is -2.35. The molecule has 78 valence electrons. The van der Waals surface area contributed by atoms with Crippen LogP contribution in [0.2, 0.25) is 0 Å². The average Bonchev–Trinajstić information content (AvgIpc) is 2.01. The van der Waals surface area contributed by atoms with E-state index in [1.165, 1.54) is 5.56 Å². The highest BCUT2D eigenvalue weighted by Crippen LogP contribution is 2.22. The fourth-order valence-corrected chi connectivity index (χ4v) is 1.71. The second kappa shape index (κ2) is 4.28. The lowest BCUT2D eigenvalue weighted by Crippen LogP contribution is -2.57. The molecule has 1 N–H and O–H groups in total. The highest BCUT2D eigenvalue weighted by atomic mass is 35.5. The van der Waals surface area contributed by atoms with E-state index in [1.54, 1.807) is 0 Å². The van der Waals surface area contributed by atoms with Crippen molar-refractivity contribution < 1.29 is 4.39 Å². The van der Waals surface area contributed by atoms with Gasteiger partial charge in [-0.25, -0.2) is 4.39 Å². The van der Waals surface area contributed by atoms with Gasteiger partial charge in [-0.1, -0.05) is 29.8 Å². The SMILES string of the molecule is Cc1cccc(CC2(F)CNC2)c1.Cl. The molecule has 1 aromatic rings. The van der Waals surface area contributed by atoms with E-state index in [1.807, 2.05) is 25.1 Å². The Bertz CT molecular complexity index is 310. The fraction of sp³-hybridized carbons (Fsp3) is 0.455. The van der Waals surface area contributed by atoms with Crippen LogP contribution in [0.3, 0.4) is 0 Å². The van der Waals surface area contributed by atoms with Gasteiger partial charge in [0.2, 0.25) is 0 Å². The Hall–Kier alpha value is -0.600. The molecule has 0 amide bonds. The van der Waals surface area contributed by atoms with Gasteiger partial charge in [-0.05, 0) is 12.5 Å². The van der Waals surface area contributed by atoms with E-state index in [-0.39, 0.29) is 12.4 Å². The summed E-state index contributed by atoms with van der Waals surface area (Å²) in [6.07, 6.45) is 0.543. The van der Waals surface area contributed by atoms with Crippen molar-refractivity contribution in [2.75, 3.05) is 13.1 Å². The topological polar surface area (TPSA) is 12.0 Å². The lowest BCUT2D eigenvalue weighted by atomic mass is 9.90. The molecule has 0 spiro atoms. The van der Waals surface area contributed by atoms with E-state index >= 15 is 0 Å². The Morgan fingerprint density at radius 2 is 2.14 bits per heavy atom. The molecule has 1 aliphatic heterocycles. The summed E-state index contributed by atoms with van der Waals surface area (Å²) in [5, 5.41) is 2.96. The van der Waals surface area contributed by atoms with Crippen LogP contribution < -0.4 is 5.32 Å². The summed E-state index contributed by atoms with van der Waals surface area (Å²) < 4.78 is 13.7. The minimum Gasteiger partial charge on any atom is -0.310 e. The molecule has 1 aromatic carbocycles. The minimum absolute atomic E-state index is 0. The van der Waals surface area contributed by atoms with E-state index in [0.29, 0.717) is 19.5 Å². The van der Waals surface area contributed by atoms with Crippen LogP contribution in [0, 0.1) is 6.92 Å². The van der Waals surface area contributed by atoms with Gasteiger partial charge >= 0.3 is 0 Å². The Kier molecular flexibility index (Phi) is 3.51. The first-order chi connectivity index (χ1) is 6.18. The summed E-state index contributed by atoms with van der Waals surface area (Å²) in [7, 11) is 0. The zero-order valence-corrected chi connectivity index (χ0v) is 9.03. The number of nitrogens with one attached hydrogen (secondary N) is 1. The molecule has 0 unspecified atom stereocenters. The molecule has 14 heavy (non-hydrogen) atoms.